The second-order valence-electron chi connectivity index (χ2n) is 6.71. The van der Waals surface area contributed by atoms with E-state index in [4.69, 9.17) is 19.9 Å². The van der Waals surface area contributed by atoms with Crippen molar-refractivity contribution in [1.82, 2.24) is 4.57 Å². The Morgan fingerprint density at radius 3 is 2.34 bits per heavy atom. The molecule has 0 aliphatic carbocycles. The van der Waals surface area contributed by atoms with Gasteiger partial charge in [0.1, 0.15) is 17.2 Å². The van der Waals surface area contributed by atoms with Gasteiger partial charge in [0.25, 0.3) is 5.91 Å². The van der Waals surface area contributed by atoms with E-state index < -0.39 is 5.91 Å². The number of aryl methyl sites for hydroxylation is 1. The third-order valence-corrected chi connectivity index (χ3v) is 5.07. The molecular formula is C23H26N2O4. The summed E-state index contributed by atoms with van der Waals surface area (Å²) in [6.07, 6.45) is 0.768. The van der Waals surface area contributed by atoms with Gasteiger partial charge in [0.05, 0.1) is 32.6 Å². The van der Waals surface area contributed by atoms with E-state index in [0.717, 1.165) is 34.7 Å². The zero-order chi connectivity index (χ0) is 21.0. The highest BCUT2D eigenvalue weighted by atomic mass is 16.5. The summed E-state index contributed by atoms with van der Waals surface area (Å²) in [5, 5.41) is 0. The number of ether oxygens (including phenoxy) is 3. The minimum Gasteiger partial charge on any atom is -0.497 e. The molecule has 2 N–H and O–H groups in total. The van der Waals surface area contributed by atoms with Gasteiger partial charge in [-0.1, -0.05) is 12.1 Å². The fourth-order valence-electron chi connectivity index (χ4n) is 3.49. The number of nitrogens with two attached hydrogens (primary N) is 1. The first kappa shape index (κ1) is 20.3. The summed E-state index contributed by atoms with van der Waals surface area (Å²) in [6.45, 7) is 2.57. The quantitative estimate of drug-likeness (QED) is 0.630. The molecule has 0 saturated carbocycles. The van der Waals surface area contributed by atoms with E-state index in [2.05, 4.69) is 10.6 Å². The number of rotatable bonds is 8. The molecule has 0 unspecified atom stereocenters. The van der Waals surface area contributed by atoms with Gasteiger partial charge in [-0.05, 0) is 55.3 Å². The maximum Gasteiger partial charge on any atom is 0.250 e. The zero-order valence-corrected chi connectivity index (χ0v) is 17.2. The predicted molar refractivity (Wildman–Crippen MR) is 113 cm³/mol. The molecule has 29 heavy (non-hydrogen) atoms. The van der Waals surface area contributed by atoms with Crippen molar-refractivity contribution in [2.75, 3.05) is 21.3 Å². The number of benzene rings is 2. The molecule has 0 radical (unpaired) electrons. The highest BCUT2D eigenvalue weighted by molar-refractivity contribution is 5.96. The summed E-state index contributed by atoms with van der Waals surface area (Å²) in [5.74, 6) is 1.77. The first-order valence-electron chi connectivity index (χ1n) is 9.33. The SMILES string of the molecule is COc1cccc(CCn2c(-c3cc(OC)ccc3OC)cc(C(N)=O)c2C)c1. The Morgan fingerprint density at radius 1 is 0.966 bits per heavy atom. The van der Waals surface area contributed by atoms with Crippen molar-refractivity contribution in [1.29, 1.82) is 0 Å². The van der Waals surface area contributed by atoms with Crippen molar-refractivity contribution in [3.63, 3.8) is 0 Å². The summed E-state index contributed by atoms with van der Waals surface area (Å²) >= 11 is 0. The molecule has 152 valence electrons. The van der Waals surface area contributed by atoms with Gasteiger partial charge >= 0.3 is 0 Å². The van der Waals surface area contributed by atoms with Gasteiger partial charge in [0, 0.05) is 17.8 Å². The van der Waals surface area contributed by atoms with E-state index in [9.17, 15) is 4.79 Å². The number of primary amides is 1. The number of nitrogens with zero attached hydrogens (tertiary/aromatic N) is 1. The van der Waals surface area contributed by atoms with Crippen LogP contribution in [0.2, 0.25) is 0 Å². The summed E-state index contributed by atoms with van der Waals surface area (Å²) in [7, 11) is 4.89. The van der Waals surface area contributed by atoms with Crippen LogP contribution in [0.15, 0.2) is 48.5 Å². The summed E-state index contributed by atoms with van der Waals surface area (Å²) in [6, 6.07) is 15.4. The number of hydrogen-bond acceptors (Lipinski definition) is 4. The van der Waals surface area contributed by atoms with Crippen molar-refractivity contribution in [2.45, 2.75) is 19.9 Å². The summed E-state index contributed by atoms with van der Waals surface area (Å²) < 4.78 is 18.4. The Kier molecular flexibility index (Phi) is 6.12. The lowest BCUT2D eigenvalue weighted by molar-refractivity contribution is 0.0999. The van der Waals surface area contributed by atoms with Crippen LogP contribution in [0.3, 0.4) is 0 Å². The molecule has 0 saturated heterocycles. The van der Waals surface area contributed by atoms with E-state index in [1.165, 1.54) is 0 Å². The molecule has 6 nitrogen and oxygen atoms in total. The van der Waals surface area contributed by atoms with Gasteiger partial charge in [-0.15, -0.1) is 0 Å². The minimum atomic E-state index is -0.453. The Balaban J connectivity index is 2.06. The maximum absolute atomic E-state index is 12.0. The largest absolute Gasteiger partial charge is 0.497 e. The van der Waals surface area contributed by atoms with Crippen LogP contribution in [-0.4, -0.2) is 31.8 Å². The second-order valence-corrected chi connectivity index (χ2v) is 6.71. The molecular weight excluding hydrogens is 368 g/mol. The average molecular weight is 394 g/mol. The second kappa shape index (κ2) is 8.73. The number of aromatic nitrogens is 1. The van der Waals surface area contributed by atoms with E-state index in [-0.39, 0.29) is 0 Å². The molecule has 0 fully saturated rings. The maximum atomic E-state index is 12.0. The number of hydrogen-bond donors (Lipinski definition) is 1. The number of carbonyl (C=O) groups excluding carboxylic acids is 1. The first-order valence-corrected chi connectivity index (χ1v) is 9.33. The van der Waals surface area contributed by atoms with Crippen LogP contribution in [0.25, 0.3) is 11.3 Å². The Morgan fingerprint density at radius 2 is 1.69 bits per heavy atom. The number of methoxy groups -OCH3 is 3. The van der Waals surface area contributed by atoms with Crippen molar-refractivity contribution < 1.29 is 19.0 Å². The molecule has 6 heteroatoms. The third kappa shape index (κ3) is 4.21. The normalized spacial score (nSPS) is 10.6. The lowest BCUT2D eigenvalue weighted by Crippen LogP contribution is -2.13. The molecule has 0 aliphatic heterocycles. The van der Waals surface area contributed by atoms with E-state index in [0.29, 0.717) is 23.6 Å². The lowest BCUT2D eigenvalue weighted by atomic mass is 10.1. The predicted octanol–water partition coefficient (Wildman–Crippen LogP) is 3.83. The van der Waals surface area contributed by atoms with Gasteiger partial charge in [-0.3, -0.25) is 4.79 Å². The summed E-state index contributed by atoms with van der Waals surface area (Å²) in [4.78, 5) is 12.0. The van der Waals surface area contributed by atoms with E-state index in [1.807, 2.05) is 49.4 Å². The van der Waals surface area contributed by atoms with Crippen molar-refractivity contribution in [2.24, 2.45) is 5.73 Å². The lowest BCUT2D eigenvalue weighted by Gasteiger charge is -2.15. The molecule has 0 atom stereocenters. The van der Waals surface area contributed by atoms with Gasteiger partial charge in [0.2, 0.25) is 0 Å². The topological polar surface area (TPSA) is 75.7 Å². The molecule has 0 bridgehead atoms. The fraction of sp³-hybridized carbons (Fsp3) is 0.261. The van der Waals surface area contributed by atoms with Crippen molar-refractivity contribution in [3.05, 3.63) is 65.4 Å². The molecule has 3 aromatic rings. The minimum absolute atomic E-state index is 0.453. The van der Waals surface area contributed by atoms with Crippen LogP contribution >= 0.6 is 0 Å². The molecule has 1 heterocycles. The van der Waals surface area contributed by atoms with Crippen LogP contribution in [0.4, 0.5) is 0 Å². The molecule has 1 aromatic heterocycles. The molecule has 2 aromatic carbocycles. The fourth-order valence-corrected chi connectivity index (χ4v) is 3.49. The number of amides is 1. The molecule has 0 spiro atoms. The molecule has 0 aliphatic rings. The monoisotopic (exact) mass is 394 g/mol. The van der Waals surface area contributed by atoms with Crippen LogP contribution in [0.5, 0.6) is 17.2 Å². The third-order valence-electron chi connectivity index (χ3n) is 5.07. The van der Waals surface area contributed by atoms with E-state index >= 15 is 0 Å². The average Bonchev–Trinajstić information content (AvgIpc) is 3.08. The zero-order valence-electron chi connectivity index (χ0n) is 17.2. The smallest absolute Gasteiger partial charge is 0.250 e. The highest BCUT2D eigenvalue weighted by Crippen LogP contribution is 2.36. The number of carbonyl (C=O) groups is 1. The van der Waals surface area contributed by atoms with Crippen LogP contribution in [-0.2, 0) is 13.0 Å². The van der Waals surface area contributed by atoms with E-state index in [1.54, 1.807) is 21.3 Å². The Labute approximate surface area is 170 Å². The highest BCUT2D eigenvalue weighted by Gasteiger charge is 2.19. The van der Waals surface area contributed by atoms with Gasteiger partial charge in [0.15, 0.2) is 0 Å². The molecule has 1 amide bonds. The van der Waals surface area contributed by atoms with Crippen LogP contribution < -0.4 is 19.9 Å². The first-order chi connectivity index (χ1) is 14.0. The summed E-state index contributed by atoms with van der Waals surface area (Å²) in [5.41, 5.74) is 9.78. The van der Waals surface area contributed by atoms with Crippen molar-refractivity contribution in [3.8, 4) is 28.5 Å². The van der Waals surface area contributed by atoms with Gasteiger partial charge in [-0.2, -0.15) is 0 Å². The van der Waals surface area contributed by atoms with Crippen molar-refractivity contribution >= 4 is 5.91 Å². The Bertz CT molecular complexity index is 1020. The van der Waals surface area contributed by atoms with Crippen LogP contribution in [0, 0.1) is 6.92 Å². The molecule has 3 rings (SSSR count). The Hall–Kier alpha value is -3.41. The van der Waals surface area contributed by atoms with Crippen LogP contribution in [0.1, 0.15) is 21.6 Å². The standard InChI is InChI=1S/C23H26N2O4/c1-15-19(23(24)26)14-21(20-13-18(28-3)8-9-22(20)29-4)25(15)11-10-16-6-5-7-17(12-16)27-2/h5-9,12-14H,10-11H2,1-4H3,(H2,24,26). The van der Waals surface area contributed by atoms with Gasteiger partial charge < -0.3 is 24.5 Å². The van der Waals surface area contributed by atoms with Gasteiger partial charge in [-0.25, -0.2) is 0 Å².